The number of aromatic nitrogens is 5. The number of aryl methyl sites for hydroxylation is 2. The smallest absolute Gasteiger partial charge is 0.153 e. The molecule has 0 saturated carbocycles. The van der Waals surface area contributed by atoms with E-state index in [1.54, 1.807) is 6.07 Å². The van der Waals surface area contributed by atoms with Crippen LogP contribution in [0.5, 0.6) is 0 Å². The van der Waals surface area contributed by atoms with Gasteiger partial charge in [0.1, 0.15) is 17.5 Å². The normalized spacial score (nSPS) is 17.4. The van der Waals surface area contributed by atoms with E-state index in [1.165, 1.54) is 12.3 Å². The maximum absolute atomic E-state index is 13.1. The minimum atomic E-state index is -0.317. The Morgan fingerprint density at radius 3 is 2.85 bits per heavy atom. The number of pyridine rings is 1. The molecule has 4 heterocycles. The Bertz CT molecular complexity index is 922. The summed E-state index contributed by atoms with van der Waals surface area (Å²) in [6.07, 6.45) is 3.33. The number of aromatic amines is 1. The SMILES string of the molecule is Cc1cc(Nc2cc(C)[nH]n2)nc(C2CCCN2Cc2ccc(F)cn2)n1. The summed E-state index contributed by atoms with van der Waals surface area (Å²) in [7, 11) is 0. The summed E-state index contributed by atoms with van der Waals surface area (Å²) in [5, 5.41) is 10.3. The fourth-order valence-corrected chi connectivity index (χ4v) is 3.43. The van der Waals surface area contributed by atoms with Gasteiger partial charge in [0.25, 0.3) is 0 Å². The Balaban J connectivity index is 1.54. The average Bonchev–Trinajstić information content (AvgIpc) is 3.25. The van der Waals surface area contributed by atoms with Crippen LogP contribution in [0.25, 0.3) is 0 Å². The van der Waals surface area contributed by atoms with Gasteiger partial charge >= 0.3 is 0 Å². The molecule has 1 aliphatic rings. The molecule has 4 rings (SSSR count). The summed E-state index contributed by atoms with van der Waals surface area (Å²) in [6, 6.07) is 7.14. The zero-order chi connectivity index (χ0) is 18.8. The van der Waals surface area contributed by atoms with Crippen molar-refractivity contribution in [2.45, 2.75) is 39.3 Å². The number of anilines is 2. The van der Waals surface area contributed by atoms with Gasteiger partial charge in [0, 0.05) is 30.1 Å². The fourth-order valence-electron chi connectivity index (χ4n) is 3.43. The Morgan fingerprint density at radius 2 is 2.11 bits per heavy atom. The lowest BCUT2D eigenvalue weighted by molar-refractivity contribution is 0.237. The highest BCUT2D eigenvalue weighted by Gasteiger charge is 2.29. The Hall–Kier alpha value is -2.87. The van der Waals surface area contributed by atoms with Crippen molar-refractivity contribution in [2.75, 3.05) is 11.9 Å². The highest BCUT2D eigenvalue weighted by atomic mass is 19.1. The summed E-state index contributed by atoms with van der Waals surface area (Å²) in [4.78, 5) is 15.9. The van der Waals surface area contributed by atoms with E-state index in [-0.39, 0.29) is 11.9 Å². The molecule has 8 heteroatoms. The zero-order valence-corrected chi connectivity index (χ0v) is 15.4. The van der Waals surface area contributed by atoms with Gasteiger partial charge in [-0.3, -0.25) is 15.0 Å². The standard InChI is InChI=1S/C19H22FN7/c1-12-8-17(23-18-9-13(2)25-26-18)24-19(22-12)16-4-3-7-27(16)11-15-6-5-14(20)10-21-15/h5-6,8-10,16H,3-4,7,11H2,1-2H3,(H2,22,23,24,25,26). The van der Waals surface area contributed by atoms with Crippen molar-refractivity contribution in [3.05, 3.63) is 59.2 Å². The van der Waals surface area contributed by atoms with Crippen LogP contribution in [0.2, 0.25) is 0 Å². The number of nitrogens with one attached hydrogen (secondary N) is 2. The summed E-state index contributed by atoms with van der Waals surface area (Å²) in [5.41, 5.74) is 2.74. The maximum Gasteiger partial charge on any atom is 0.153 e. The second-order valence-corrected chi connectivity index (χ2v) is 6.91. The molecule has 1 unspecified atom stereocenters. The van der Waals surface area contributed by atoms with Gasteiger partial charge in [-0.1, -0.05) is 0 Å². The molecule has 0 spiro atoms. The van der Waals surface area contributed by atoms with Crippen molar-refractivity contribution in [3.63, 3.8) is 0 Å². The topological polar surface area (TPSA) is 82.6 Å². The van der Waals surface area contributed by atoms with E-state index < -0.39 is 0 Å². The molecule has 1 fully saturated rings. The molecular formula is C19H22FN7. The molecule has 0 radical (unpaired) electrons. The van der Waals surface area contributed by atoms with E-state index in [9.17, 15) is 4.39 Å². The number of likely N-dealkylation sites (tertiary alicyclic amines) is 1. The largest absolute Gasteiger partial charge is 0.323 e. The summed E-state index contributed by atoms with van der Waals surface area (Å²) in [5.74, 6) is 1.94. The molecule has 3 aromatic heterocycles. The summed E-state index contributed by atoms with van der Waals surface area (Å²) >= 11 is 0. The second-order valence-electron chi connectivity index (χ2n) is 6.91. The van der Waals surface area contributed by atoms with E-state index in [4.69, 9.17) is 4.98 Å². The third kappa shape index (κ3) is 4.11. The van der Waals surface area contributed by atoms with Crippen molar-refractivity contribution in [1.29, 1.82) is 0 Å². The average molecular weight is 367 g/mol. The third-order valence-corrected chi connectivity index (χ3v) is 4.65. The first-order valence-corrected chi connectivity index (χ1v) is 9.06. The molecule has 1 saturated heterocycles. The number of hydrogen-bond acceptors (Lipinski definition) is 6. The van der Waals surface area contributed by atoms with E-state index in [2.05, 4.69) is 30.4 Å². The predicted molar refractivity (Wildman–Crippen MR) is 100.0 cm³/mol. The molecule has 1 aliphatic heterocycles. The van der Waals surface area contributed by atoms with Crippen LogP contribution >= 0.6 is 0 Å². The van der Waals surface area contributed by atoms with E-state index >= 15 is 0 Å². The monoisotopic (exact) mass is 367 g/mol. The number of rotatable bonds is 5. The number of halogens is 1. The second kappa shape index (κ2) is 7.40. The summed E-state index contributed by atoms with van der Waals surface area (Å²) < 4.78 is 13.1. The van der Waals surface area contributed by atoms with E-state index in [0.717, 1.165) is 53.9 Å². The molecule has 3 aromatic rings. The highest BCUT2D eigenvalue weighted by molar-refractivity contribution is 5.52. The first-order valence-electron chi connectivity index (χ1n) is 9.06. The van der Waals surface area contributed by atoms with Gasteiger partial charge in [0.05, 0.1) is 17.9 Å². The predicted octanol–water partition coefficient (Wildman–Crippen LogP) is 3.43. The lowest BCUT2D eigenvalue weighted by atomic mass is 10.2. The van der Waals surface area contributed by atoms with E-state index in [0.29, 0.717) is 6.54 Å². The van der Waals surface area contributed by atoms with Gasteiger partial charge in [-0.15, -0.1) is 0 Å². The van der Waals surface area contributed by atoms with Gasteiger partial charge in [0.15, 0.2) is 5.82 Å². The maximum atomic E-state index is 13.1. The zero-order valence-electron chi connectivity index (χ0n) is 15.4. The van der Waals surface area contributed by atoms with Crippen molar-refractivity contribution < 1.29 is 4.39 Å². The van der Waals surface area contributed by atoms with Gasteiger partial charge in [-0.05, 0) is 45.4 Å². The first-order chi connectivity index (χ1) is 13.1. The van der Waals surface area contributed by atoms with Crippen molar-refractivity contribution in [3.8, 4) is 0 Å². The van der Waals surface area contributed by atoms with Crippen LogP contribution in [0.3, 0.4) is 0 Å². The van der Waals surface area contributed by atoms with Crippen LogP contribution in [-0.2, 0) is 6.54 Å². The van der Waals surface area contributed by atoms with Gasteiger partial charge in [-0.2, -0.15) is 5.10 Å². The molecule has 140 valence electrons. The van der Waals surface area contributed by atoms with Crippen LogP contribution in [0.4, 0.5) is 16.0 Å². The number of nitrogens with zero attached hydrogens (tertiary/aromatic N) is 5. The van der Waals surface area contributed by atoms with Crippen LogP contribution in [0.15, 0.2) is 30.5 Å². The Morgan fingerprint density at radius 1 is 1.22 bits per heavy atom. The molecule has 0 aliphatic carbocycles. The molecule has 0 amide bonds. The van der Waals surface area contributed by atoms with Crippen LogP contribution in [0.1, 0.15) is 41.8 Å². The minimum Gasteiger partial charge on any atom is -0.323 e. The summed E-state index contributed by atoms with van der Waals surface area (Å²) in [6.45, 7) is 5.52. The lowest BCUT2D eigenvalue weighted by Crippen LogP contribution is -2.25. The van der Waals surface area contributed by atoms with Gasteiger partial charge in [0.2, 0.25) is 0 Å². The molecule has 1 atom stereocenters. The number of hydrogen-bond donors (Lipinski definition) is 2. The van der Waals surface area contributed by atoms with Crippen molar-refractivity contribution >= 4 is 11.6 Å². The van der Waals surface area contributed by atoms with Gasteiger partial charge < -0.3 is 5.32 Å². The van der Waals surface area contributed by atoms with E-state index in [1.807, 2.05) is 26.0 Å². The molecule has 2 N–H and O–H groups in total. The van der Waals surface area contributed by atoms with Crippen molar-refractivity contribution in [1.82, 2.24) is 30.0 Å². The van der Waals surface area contributed by atoms with Crippen LogP contribution in [0, 0.1) is 19.7 Å². The third-order valence-electron chi connectivity index (χ3n) is 4.65. The Labute approximate surface area is 157 Å². The highest BCUT2D eigenvalue weighted by Crippen LogP contribution is 2.32. The fraction of sp³-hybridized carbons (Fsp3) is 0.368. The number of H-pyrrole nitrogens is 1. The van der Waals surface area contributed by atoms with Gasteiger partial charge in [-0.25, -0.2) is 14.4 Å². The first kappa shape index (κ1) is 17.5. The molecule has 27 heavy (non-hydrogen) atoms. The molecule has 0 bridgehead atoms. The molecule has 7 nitrogen and oxygen atoms in total. The minimum absolute atomic E-state index is 0.123. The van der Waals surface area contributed by atoms with Crippen LogP contribution in [-0.4, -0.2) is 36.6 Å². The lowest BCUT2D eigenvalue weighted by Gasteiger charge is -2.23. The molecule has 0 aromatic carbocycles. The Kier molecular flexibility index (Phi) is 4.81. The molecular weight excluding hydrogens is 345 g/mol. The van der Waals surface area contributed by atoms with Crippen LogP contribution < -0.4 is 5.32 Å². The quantitative estimate of drug-likeness (QED) is 0.719. The van der Waals surface area contributed by atoms with Crippen molar-refractivity contribution in [2.24, 2.45) is 0 Å².